The maximum atomic E-state index is 13.9. The lowest BCUT2D eigenvalue weighted by Crippen LogP contribution is -2.69. The Kier molecular flexibility index (Phi) is 9.32. The molecule has 2 nitrogen and oxygen atoms in total. The summed E-state index contributed by atoms with van der Waals surface area (Å²) in [6, 6.07) is 0. The predicted molar refractivity (Wildman–Crippen MR) is 110 cm³/mol. The molecular weight excluding hydrogens is 643 g/mol. The fraction of sp³-hybridized carbons (Fsp3) is 0.875. The Hall–Kier alpha value is 3.46. The second-order valence-electron chi connectivity index (χ2n) is 4.25. The highest BCUT2D eigenvalue weighted by atomic mass is 35.6. The Morgan fingerprint density at radius 1 is 0.560 bits per heavy atom. The van der Waals surface area contributed by atoms with Crippen LogP contribution in [0.15, 0.2) is 0 Å². The van der Waals surface area contributed by atoms with Gasteiger partial charge in [-0.3, -0.25) is 0 Å². The molecule has 25 heavy (non-hydrogen) atoms. The first-order chi connectivity index (χ1) is 10.4. The summed E-state index contributed by atoms with van der Waals surface area (Å²) in [5.74, 6) is -2.03. The highest BCUT2D eigenvalue weighted by Gasteiger charge is 2.80. The van der Waals surface area contributed by atoms with Gasteiger partial charge in [0.25, 0.3) is 4.59 Å². The molecule has 0 saturated heterocycles. The Bertz CT molecular complexity index is 535. The Labute approximate surface area is 211 Å². The fourth-order valence-corrected chi connectivity index (χ4v) is 5.04. The largest absolute Gasteiger partial charge is 0.479 e. The molecule has 0 aromatic carbocycles. The normalized spacial score (nSPS) is 16.1. The Balaban J connectivity index is 6.55. The third kappa shape index (κ3) is 4.42. The van der Waals surface area contributed by atoms with E-state index in [2.05, 4.69) is 0 Å². The van der Waals surface area contributed by atoms with Crippen molar-refractivity contribution >= 4 is 168 Å². The quantitative estimate of drug-likeness (QED) is 0.284. The molecule has 17 heteroatoms. The number of rotatable bonds is 7. The van der Waals surface area contributed by atoms with Gasteiger partial charge in [0.1, 0.15) is 0 Å². The molecular formula is C8HCl14FO2. The Morgan fingerprint density at radius 2 is 0.800 bits per heavy atom. The van der Waals surface area contributed by atoms with Crippen LogP contribution < -0.4 is 0 Å². The summed E-state index contributed by atoms with van der Waals surface area (Å²) in [4.78, 5) is 11.2. The van der Waals surface area contributed by atoms with Crippen molar-refractivity contribution in [2.75, 3.05) is 0 Å². The van der Waals surface area contributed by atoms with E-state index >= 15 is 0 Å². The fourth-order valence-electron chi connectivity index (χ4n) is 1.10. The number of carbonyl (C=O) groups is 1. The molecule has 0 aliphatic carbocycles. The summed E-state index contributed by atoms with van der Waals surface area (Å²) in [5, 5.41) is 9.04. The number of carboxylic acids is 1. The second kappa shape index (κ2) is 8.19. The van der Waals surface area contributed by atoms with Crippen molar-refractivity contribution in [3.8, 4) is 0 Å². The lowest BCUT2D eigenvalue weighted by molar-refractivity contribution is -0.138. The van der Waals surface area contributed by atoms with Crippen LogP contribution in [0.5, 0.6) is 0 Å². The lowest BCUT2D eigenvalue weighted by atomic mass is 10.0. The zero-order chi connectivity index (χ0) is 21.1. The summed E-state index contributed by atoms with van der Waals surface area (Å²) in [6.45, 7) is 0. The number of aliphatic carboxylic acids is 1. The van der Waals surface area contributed by atoms with Crippen LogP contribution in [0.4, 0.5) is 4.39 Å². The van der Waals surface area contributed by atoms with Crippen LogP contribution >= 0.6 is 162 Å². The second-order valence-corrected chi connectivity index (χ2v) is 13.4. The van der Waals surface area contributed by atoms with Gasteiger partial charge in [-0.05, 0) is 0 Å². The van der Waals surface area contributed by atoms with E-state index in [1.54, 1.807) is 0 Å². The van der Waals surface area contributed by atoms with Gasteiger partial charge in [0.15, 0.2) is 17.3 Å². The molecule has 0 aliphatic rings. The molecule has 1 N–H and O–H groups in total. The van der Waals surface area contributed by atoms with Crippen LogP contribution in [0.2, 0.25) is 0 Å². The summed E-state index contributed by atoms with van der Waals surface area (Å²) in [6.07, 6.45) is 0. The van der Waals surface area contributed by atoms with Gasteiger partial charge in [-0.25, -0.2) is 9.18 Å². The number of hydrogen-bond acceptors (Lipinski definition) is 1. The molecule has 0 amide bonds. The first-order valence-corrected chi connectivity index (χ1v) is 10.3. The molecule has 0 aromatic rings. The minimum absolute atomic E-state index is 2.03. The summed E-state index contributed by atoms with van der Waals surface area (Å²) in [5.41, 5.74) is 0. The molecule has 0 radical (unpaired) electrons. The Morgan fingerprint density at radius 3 is 1.04 bits per heavy atom. The SMILES string of the molecule is O=C(O)C(Cl)(Cl)C(Cl)(Cl)C(Cl)(Cl)C(Cl)(Cl)C(Cl)(Cl)C(Cl)(Cl)C(F)(Cl)Cl. The smallest absolute Gasteiger partial charge is 0.343 e. The van der Waals surface area contributed by atoms with Crippen molar-refractivity contribution in [3.63, 3.8) is 0 Å². The van der Waals surface area contributed by atoms with Gasteiger partial charge in [-0.15, -0.1) is 0 Å². The molecule has 0 aromatic heterocycles. The van der Waals surface area contributed by atoms with E-state index in [1.807, 2.05) is 0 Å². The van der Waals surface area contributed by atoms with Gasteiger partial charge in [0, 0.05) is 0 Å². The number of carboxylic acid groups (broad SMARTS) is 1. The highest BCUT2D eigenvalue weighted by Crippen LogP contribution is 2.70. The van der Waals surface area contributed by atoms with Crippen molar-refractivity contribution in [3.05, 3.63) is 0 Å². The molecule has 0 fully saturated rings. The first-order valence-electron chi connectivity index (χ1n) is 5.01. The van der Waals surface area contributed by atoms with Crippen molar-refractivity contribution in [2.45, 2.75) is 30.6 Å². The zero-order valence-electron chi connectivity index (χ0n) is 10.5. The van der Waals surface area contributed by atoms with E-state index in [1.165, 1.54) is 0 Å². The van der Waals surface area contributed by atoms with Crippen LogP contribution in [-0.4, -0.2) is 41.7 Å². The van der Waals surface area contributed by atoms with E-state index in [0.717, 1.165) is 0 Å². The molecule has 0 unspecified atom stereocenters. The number of halogens is 15. The third-order valence-electron chi connectivity index (χ3n) is 2.60. The maximum Gasteiger partial charge on any atom is 0.343 e. The number of hydrogen-bond donors (Lipinski definition) is 1. The topological polar surface area (TPSA) is 37.3 Å². The van der Waals surface area contributed by atoms with Crippen LogP contribution in [0.1, 0.15) is 0 Å². The van der Waals surface area contributed by atoms with Gasteiger partial charge >= 0.3 is 5.97 Å². The minimum atomic E-state index is -3.59. The average molecular weight is 644 g/mol. The van der Waals surface area contributed by atoms with Gasteiger partial charge in [-0.1, -0.05) is 162 Å². The van der Waals surface area contributed by atoms with Crippen LogP contribution in [0.3, 0.4) is 0 Å². The van der Waals surface area contributed by atoms with E-state index in [0.29, 0.717) is 0 Å². The molecule has 0 saturated carbocycles. The average Bonchev–Trinajstić information content (AvgIpc) is 2.35. The van der Waals surface area contributed by atoms with E-state index in [9.17, 15) is 9.18 Å². The van der Waals surface area contributed by atoms with Gasteiger partial charge < -0.3 is 5.11 Å². The lowest BCUT2D eigenvalue weighted by Gasteiger charge is -2.51. The van der Waals surface area contributed by atoms with Gasteiger partial charge in [0.05, 0.1) is 0 Å². The molecule has 0 heterocycles. The van der Waals surface area contributed by atoms with Crippen molar-refractivity contribution in [2.24, 2.45) is 0 Å². The molecule has 0 spiro atoms. The molecule has 150 valence electrons. The monoisotopic (exact) mass is 638 g/mol. The summed E-state index contributed by atoms with van der Waals surface area (Å²) < 4.78 is -8.80. The molecule has 0 atom stereocenters. The van der Waals surface area contributed by atoms with Crippen LogP contribution in [0, 0.1) is 0 Å². The first kappa shape index (κ1) is 28.5. The van der Waals surface area contributed by atoms with Gasteiger partial charge in [0.2, 0.25) is 8.67 Å². The van der Waals surface area contributed by atoms with Crippen molar-refractivity contribution < 1.29 is 14.3 Å². The third-order valence-corrected chi connectivity index (χ3v) is 12.0. The standard InChI is InChI=1S/C8HCl14FO2/c9-2(10,1(24)25)3(11,12)4(13,14)5(15,16)6(17,18)7(19,20)8(21,22)23/h(H,24,25). The highest BCUT2D eigenvalue weighted by molar-refractivity contribution is 6.80. The maximum absolute atomic E-state index is 13.9. The van der Waals surface area contributed by atoms with Crippen LogP contribution in [-0.2, 0) is 4.79 Å². The predicted octanol–water partition coefficient (Wildman–Crippen LogP) is 8.22. The molecule has 0 rings (SSSR count). The zero-order valence-corrected chi connectivity index (χ0v) is 21.1. The van der Waals surface area contributed by atoms with Crippen molar-refractivity contribution in [1.29, 1.82) is 0 Å². The minimum Gasteiger partial charge on any atom is -0.479 e. The van der Waals surface area contributed by atoms with Crippen molar-refractivity contribution in [1.82, 2.24) is 0 Å². The van der Waals surface area contributed by atoms with E-state index in [4.69, 9.17) is 168 Å². The number of alkyl halides is 15. The summed E-state index contributed by atoms with van der Waals surface area (Å²) in [7, 11) is 0. The molecule has 0 aliphatic heterocycles. The summed E-state index contributed by atoms with van der Waals surface area (Å²) >= 11 is 79.6. The molecule has 0 bridgehead atoms. The van der Waals surface area contributed by atoms with Gasteiger partial charge in [-0.2, -0.15) is 0 Å². The van der Waals surface area contributed by atoms with E-state index < -0.39 is 36.6 Å². The van der Waals surface area contributed by atoms with E-state index in [-0.39, 0.29) is 0 Å². The van der Waals surface area contributed by atoms with Crippen LogP contribution in [0.25, 0.3) is 0 Å².